The van der Waals surface area contributed by atoms with Gasteiger partial charge in [-0.25, -0.2) is 4.98 Å². The Morgan fingerprint density at radius 3 is 2.57 bits per heavy atom. The number of rotatable bonds is 8. The number of aromatic nitrogens is 3. The van der Waals surface area contributed by atoms with Gasteiger partial charge in [0.15, 0.2) is 0 Å². The number of hydrogen-bond acceptors (Lipinski definition) is 8. The molecular formula is C28H33F3N6O4Se. The van der Waals surface area contributed by atoms with Crippen molar-refractivity contribution in [3.8, 4) is 17.0 Å². The van der Waals surface area contributed by atoms with Gasteiger partial charge >= 0.3 is 194 Å². The van der Waals surface area contributed by atoms with Gasteiger partial charge < -0.3 is 4.74 Å². The number of carbonyl (C=O) groups excluding carboxylic acids is 2. The number of anilines is 1. The minimum absolute atomic E-state index is 0.135. The van der Waals surface area contributed by atoms with Gasteiger partial charge in [-0.1, -0.05) is 0 Å². The summed E-state index contributed by atoms with van der Waals surface area (Å²) in [6, 6.07) is 5.28. The number of alkyl carbamates (subject to hydrolysis) is 1. The summed E-state index contributed by atoms with van der Waals surface area (Å²) in [4.78, 5) is 39.9. The van der Waals surface area contributed by atoms with E-state index in [1.807, 2.05) is 5.82 Å². The van der Waals surface area contributed by atoms with E-state index in [2.05, 4.69) is 25.6 Å². The molecule has 0 aliphatic carbocycles. The Morgan fingerprint density at radius 2 is 1.90 bits per heavy atom. The van der Waals surface area contributed by atoms with Crippen molar-refractivity contribution in [2.45, 2.75) is 62.2 Å². The molecule has 2 atom stereocenters. The topological polar surface area (TPSA) is 119 Å². The summed E-state index contributed by atoms with van der Waals surface area (Å²) in [7, 11) is 1.14. The summed E-state index contributed by atoms with van der Waals surface area (Å²) in [6.07, 6.45) is -1.89. The van der Waals surface area contributed by atoms with Crippen LogP contribution in [0.25, 0.3) is 22.0 Å². The number of halogens is 3. The number of nitrogens with zero attached hydrogens (tertiary/aromatic N) is 4. The summed E-state index contributed by atoms with van der Waals surface area (Å²) in [5.74, 6) is 1.83. The van der Waals surface area contributed by atoms with Crippen molar-refractivity contribution < 1.29 is 32.2 Å². The molecule has 0 bridgehead atoms. The van der Waals surface area contributed by atoms with E-state index in [0.717, 1.165) is 13.2 Å². The van der Waals surface area contributed by atoms with Crippen LogP contribution in [-0.2, 0) is 15.7 Å². The number of methoxy groups -OCH3 is 1. The van der Waals surface area contributed by atoms with Gasteiger partial charge in [-0.3, -0.25) is 0 Å². The van der Waals surface area contributed by atoms with Crippen LogP contribution in [-0.4, -0.2) is 84.7 Å². The van der Waals surface area contributed by atoms with E-state index in [0.29, 0.717) is 47.1 Å². The summed E-state index contributed by atoms with van der Waals surface area (Å²) in [5.41, 5.74) is -0.279. The third kappa shape index (κ3) is 7.60. The Kier molecular flexibility index (Phi) is 9.46. The molecule has 0 spiro atoms. The zero-order valence-electron chi connectivity index (χ0n) is 23.9. The SMILES string of the molecule is COc1ncc(-c2ccc3ncnc(N[C@H]4CCN(C(=O)[C@H](C[Se]C)NC(=O)OC(C)(C)C)C4)c3c2)cc1C(F)(F)F. The first-order valence-corrected chi connectivity index (χ1v) is 16.1. The first-order valence-electron chi connectivity index (χ1n) is 13.2. The number of amides is 2. The van der Waals surface area contributed by atoms with Crippen molar-refractivity contribution in [3.63, 3.8) is 0 Å². The van der Waals surface area contributed by atoms with E-state index < -0.39 is 35.4 Å². The van der Waals surface area contributed by atoms with Crippen LogP contribution in [0.4, 0.5) is 23.8 Å². The number of alkyl halides is 3. The normalized spacial score (nSPS) is 16.3. The van der Waals surface area contributed by atoms with Crippen LogP contribution in [0.2, 0.25) is 11.1 Å². The molecular weight excluding hydrogens is 620 g/mol. The third-order valence-corrected chi connectivity index (χ3v) is 7.88. The van der Waals surface area contributed by atoms with Crippen molar-refractivity contribution in [2.75, 3.05) is 25.5 Å². The Bertz CT molecular complexity index is 1450. The zero-order valence-corrected chi connectivity index (χ0v) is 25.6. The molecule has 0 saturated carbocycles. The molecule has 0 unspecified atom stereocenters. The Balaban J connectivity index is 1.51. The number of pyridine rings is 1. The molecule has 226 valence electrons. The van der Waals surface area contributed by atoms with E-state index >= 15 is 0 Å². The molecule has 1 aromatic carbocycles. The molecule has 3 heterocycles. The fourth-order valence-corrected chi connectivity index (χ4v) is 5.78. The molecule has 0 radical (unpaired) electrons. The molecule has 1 fully saturated rings. The van der Waals surface area contributed by atoms with E-state index in [-0.39, 0.29) is 32.5 Å². The number of ether oxygens (including phenoxy) is 2. The fourth-order valence-electron chi connectivity index (χ4n) is 4.61. The number of carbonyl (C=O) groups is 2. The first-order chi connectivity index (χ1) is 19.8. The summed E-state index contributed by atoms with van der Waals surface area (Å²) >= 11 is 0.143. The second kappa shape index (κ2) is 12.7. The van der Waals surface area contributed by atoms with Gasteiger partial charge in [-0.05, 0) is 6.07 Å². The van der Waals surface area contributed by atoms with Gasteiger partial charge in [0, 0.05) is 6.20 Å². The van der Waals surface area contributed by atoms with E-state index in [9.17, 15) is 22.8 Å². The van der Waals surface area contributed by atoms with E-state index in [1.165, 1.54) is 12.5 Å². The standard InChI is InChI=1S/C28H33F3N6O4Se/c1-27(2,3)41-26(39)36-22(14-42-5)25(38)37-9-8-18(13-37)35-23-19-10-16(6-7-21(19)33-15-34-23)17-11-20(28(29,30)31)24(40-4)32-12-17/h6-7,10-12,15,18,22H,8-9,13-14H2,1-5H3,(H,36,39)(H,33,34,35)/t18-,22-/m0/s1. The first kappa shape index (κ1) is 31.3. The summed E-state index contributed by atoms with van der Waals surface area (Å²) < 4.78 is 50.9. The predicted octanol–water partition coefficient (Wildman–Crippen LogP) is 4.80. The quantitative estimate of drug-likeness (QED) is 0.333. The second-order valence-corrected chi connectivity index (χ2v) is 12.7. The molecule has 2 aromatic heterocycles. The molecule has 3 aromatic rings. The van der Waals surface area contributed by atoms with Crippen LogP contribution in [0.3, 0.4) is 0 Å². The van der Waals surface area contributed by atoms with Gasteiger partial charge in [-0.2, -0.15) is 13.2 Å². The fraction of sp³-hybridized carbons (Fsp3) is 0.464. The predicted molar refractivity (Wildman–Crippen MR) is 153 cm³/mol. The smallest absolute Gasteiger partial charge is 0.166 e. The number of likely N-dealkylation sites (tertiary alicyclic amines) is 1. The van der Waals surface area contributed by atoms with Crippen molar-refractivity contribution >= 4 is 43.7 Å². The van der Waals surface area contributed by atoms with E-state index in [1.54, 1.807) is 43.9 Å². The Labute approximate surface area is 247 Å². The van der Waals surface area contributed by atoms with E-state index in [4.69, 9.17) is 9.47 Å². The number of hydrogen-bond donors (Lipinski definition) is 2. The minimum atomic E-state index is -4.63. The molecule has 1 aliphatic rings. The van der Waals surface area contributed by atoms with Gasteiger partial charge in [0.05, 0.1) is 7.11 Å². The van der Waals surface area contributed by atoms with Crippen LogP contribution < -0.4 is 15.4 Å². The van der Waals surface area contributed by atoms with Crippen molar-refractivity contribution in [1.82, 2.24) is 25.2 Å². The molecule has 1 aliphatic heterocycles. The van der Waals surface area contributed by atoms with Crippen LogP contribution in [0.5, 0.6) is 5.88 Å². The maximum Gasteiger partial charge on any atom is 0.421 e. The summed E-state index contributed by atoms with van der Waals surface area (Å²) in [5, 5.41) is 7.25. The molecule has 2 N–H and O–H groups in total. The van der Waals surface area contributed by atoms with Crippen molar-refractivity contribution in [1.29, 1.82) is 0 Å². The Morgan fingerprint density at radius 1 is 1.14 bits per heavy atom. The molecule has 2 amide bonds. The largest absolute Gasteiger partial charge is 0.421 e. The maximum atomic E-state index is 13.6. The number of benzene rings is 1. The molecule has 1 saturated heterocycles. The van der Waals surface area contributed by atoms with Crippen LogP contribution >= 0.6 is 0 Å². The van der Waals surface area contributed by atoms with Gasteiger partial charge in [0.1, 0.15) is 5.56 Å². The molecule has 4 rings (SSSR count). The Hall–Kier alpha value is -3.64. The van der Waals surface area contributed by atoms with Crippen LogP contribution in [0.15, 0.2) is 36.8 Å². The zero-order chi connectivity index (χ0) is 30.7. The summed E-state index contributed by atoms with van der Waals surface area (Å²) in [6.45, 7) is 6.17. The monoisotopic (exact) mass is 654 g/mol. The number of nitrogens with one attached hydrogen (secondary N) is 2. The second-order valence-electron chi connectivity index (χ2n) is 10.8. The van der Waals surface area contributed by atoms with Gasteiger partial charge in [0.25, 0.3) is 0 Å². The van der Waals surface area contributed by atoms with Crippen LogP contribution in [0, 0.1) is 0 Å². The van der Waals surface area contributed by atoms with Gasteiger partial charge in [0.2, 0.25) is 5.88 Å². The third-order valence-electron chi connectivity index (χ3n) is 6.48. The molecule has 10 nitrogen and oxygen atoms in total. The molecule has 42 heavy (non-hydrogen) atoms. The van der Waals surface area contributed by atoms with Crippen molar-refractivity contribution in [2.24, 2.45) is 0 Å². The van der Waals surface area contributed by atoms with Crippen molar-refractivity contribution in [3.05, 3.63) is 42.4 Å². The average Bonchev–Trinajstić information content (AvgIpc) is 3.39. The average molecular weight is 654 g/mol. The van der Waals surface area contributed by atoms with Gasteiger partial charge in [-0.15, -0.1) is 0 Å². The number of fused-ring (bicyclic) bond motifs is 1. The minimum Gasteiger partial charge on any atom is -0.166 e. The van der Waals surface area contributed by atoms with Crippen LogP contribution in [0.1, 0.15) is 32.8 Å². The maximum absolute atomic E-state index is 13.6. The molecule has 14 heteroatoms.